The number of hydrogen-bond acceptors (Lipinski definition) is 2. The zero-order valence-electron chi connectivity index (χ0n) is 16.8. The molecule has 0 radical (unpaired) electrons. The SMILES string of the molecule is CC[C@@H]1CCCCN1C(=O)C[NH+]1CC[NH+](CC(=O)Nc2ccccc2Cl)CC1. The largest absolute Gasteiger partial charge is 0.335 e. The fourth-order valence-corrected chi connectivity index (χ4v) is 4.55. The number of para-hydroxylation sites is 1. The summed E-state index contributed by atoms with van der Waals surface area (Å²) < 4.78 is 0. The number of likely N-dealkylation sites (tertiary alicyclic amines) is 1. The number of amides is 2. The maximum absolute atomic E-state index is 12.8. The summed E-state index contributed by atoms with van der Waals surface area (Å²) in [6.07, 6.45) is 4.58. The molecule has 1 aromatic carbocycles. The molecule has 0 aromatic heterocycles. The molecule has 1 aromatic rings. The third-order valence-electron chi connectivity index (χ3n) is 6.04. The highest BCUT2D eigenvalue weighted by Gasteiger charge is 2.31. The van der Waals surface area contributed by atoms with E-state index >= 15 is 0 Å². The first-order valence-corrected chi connectivity index (χ1v) is 11.0. The summed E-state index contributed by atoms with van der Waals surface area (Å²) in [5.41, 5.74) is 0.662. The second-order valence-electron chi connectivity index (χ2n) is 8.03. The summed E-state index contributed by atoms with van der Waals surface area (Å²) in [7, 11) is 0. The van der Waals surface area contributed by atoms with E-state index in [1.165, 1.54) is 16.2 Å². The van der Waals surface area contributed by atoms with Crippen LogP contribution in [0.1, 0.15) is 32.6 Å². The maximum Gasteiger partial charge on any atom is 0.279 e. The van der Waals surface area contributed by atoms with Gasteiger partial charge in [0.15, 0.2) is 13.1 Å². The number of anilines is 1. The topological polar surface area (TPSA) is 58.3 Å². The molecule has 2 saturated heterocycles. The Morgan fingerprint density at radius 2 is 1.79 bits per heavy atom. The normalized spacial score (nSPS) is 25.4. The smallest absolute Gasteiger partial charge is 0.279 e. The van der Waals surface area contributed by atoms with E-state index < -0.39 is 0 Å². The lowest BCUT2D eigenvalue weighted by Gasteiger charge is -2.36. The van der Waals surface area contributed by atoms with Crippen LogP contribution in [0.3, 0.4) is 0 Å². The van der Waals surface area contributed by atoms with Gasteiger partial charge in [-0.25, -0.2) is 0 Å². The van der Waals surface area contributed by atoms with E-state index in [4.69, 9.17) is 11.6 Å². The number of piperazine rings is 1. The zero-order chi connectivity index (χ0) is 19.9. The maximum atomic E-state index is 12.8. The van der Waals surface area contributed by atoms with Gasteiger partial charge >= 0.3 is 0 Å². The Hall–Kier alpha value is -1.63. The summed E-state index contributed by atoms with van der Waals surface area (Å²) >= 11 is 6.10. The number of benzene rings is 1. The van der Waals surface area contributed by atoms with E-state index in [1.54, 1.807) is 6.07 Å². The number of quaternary nitrogens is 2. The molecule has 7 heteroatoms. The molecule has 2 amide bonds. The molecular weight excluding hydrogens is 376 g/mol. The van der Waals surface area contributed by atoms with E-state index in [2.05, 4.69) is 17.1 Å². The van der Waals surface area contributed by atoms with Gasteiger partial charge in [0.2, 0.25) is 0 Å². The predicted molar refractivity (Wildman–Crippen MR) is 111 cm³/mol. The van der Waals surface area contributed by atoms with Crippen LogP contribution in [0.15, 0.2) is 24.3 Å². The van der Waals surface area contributed by atoms with Crippen LogP contribution in [0.4, 0.5) is 5.69 Å². The Labute approximate surface area is 172 Å². The quantitative estimate of drug-likeness (QED) is 0.613. The van der Waals surface area contributed by atoms with Crippen LogP contribution in [0.5, 0.6) is 0 Å². The van der Waals surface area contributed by atoms with E-state index in [1.807, 2.05) is 18.2 Å². The lowest BCUT2D eigenvalue weighted by Crippen LogP contribution is -3.28. The van der Waals surface area contributed by atoms with Gasteiger partial charge < -0.3 is 20.0 Å². The van der Waals surface area contributed by atoms with Gasteiger partial charge in [-0.05, 0) is 37.8 Å². The molecule has 6 nitrogen and oxygen atoms in total. The molecule has 2 fully saturated rings. The van der Waals surface area contributed by atoms with Crippen LogP contribution in [0.25, 0.3) is 0 Å². The average molecular weight is 409 g/mol. The van der Waals surface area contributed by atoms with Crippen molar-refractivity contribution in [3.63, 3.8) is 0 Å². The number of nitrogens with zero attached hydrogens (tertiary/aromatic N) is 1. The molecule has 1 atom stereocenters. The first kappa shape index (κ1) is 21.1. The van der Waals surface area contributed by atoms with E-state index in [-0.39, 0.29) is 5.91 Å². The second-order valence-corrected chi connectivity index (χ2v) is 8.43. The zero-order valence-corrected chi connectivity index (χ0v) is 17.6. The molecule has 2 heterocycles. The number of carbonyl (C=O) groups is 2. The Kier molecular flexibility index (Phi) is 7.71. The first-order chi connectivity index (χ1) is 13.6. The van der Waals surface area contributed by atoms with Gasteiger partial charge in [0, 0.05) is 12.6 Å². The van der Waals surface area contributed by atoms with Gasteiger partial charge in [-0.2, -0.15) is 0 Å². The van der Waals surface area contributed by atoms with E-state index in [0.717, 1.165) is 52.0 Å². The number of nitrogens with one attached hydrogen (secondary N) is 3. The van der Waals surface area contributed by atoms with Crippen LogP contribution in [0.2, 0.25) is 5.02 Å². The molecule has 0 aliphatic carbocycles. The van der Waals surface area contributed by atoms with Crippen molar-refractivity contribution in [2.75, 3.05) is 51.1 Å². The molecule has 3 N–H and O–H groups in total. The highest BCUT2D eigenvalue weighted by atomic mass is 35.5. The second kappa shape index (κ2) is 10.2. The van der Waals surface area contributed by atoms with Crippen molar-refractivity contribution in [1.82, 2.24) is 4.90 Å². The number of rotatable bonds is 6. The van der Waals surface area contributed by atoms with Gasteiger partial charge in [0.1, 0.15) is 26.2 Å². The van der Waals surface area contributed by atoms with Gasteiger partial charge in [-0.3, -0.25) is 9.59 Å². The van der Waals surface area contributed by atoms with Crippen molar-refractivity contribution in [2.45, 2.75) is 38.6 Å². The van der Waals surface area contributed by atoms with Gasteiger partial charge in [0.25, 0.3) is 11.8 Å². The molecule has 2 aliphatic heterocycles. The minimum atomic E-state index is -0.0123. The minimum Gasteiger partial charge on any atom is -0.335 e. The monoisotopic (exact) mass is 408 g/mol. The Bertz CT molecular complexity index is 676. The van der Waals surface area contributed by atoms with Crippen LogP contribution in [-0.4, -0.2) is 68.6 Å². The van der Waals surface area contributed by atoms with Crippen molar-refractivity contribution in [3.8, 4) is 0 Å². The summed E-state index contributed by atoms with van der Waals surface area (Å²) in [6, 6.07) is 7.72. The number of halogens is 1. The van der Waals surface area contributed by atoms with E-state index in [0.29, 0.717) is 35.7 Å². The lowest BCUT2D eigenvalue weighted by atomic mass is 10.00. The van der Waals surface area contributed by atoms with Gasteiger partial charge in [-0.15, -0.1) is 0 Å². The number of piperidine rings is 1. The van der Waals surface area contributed by atoms with Crippen LogP contribution in [0, 0.1) is 0 Å². The van der Waals surface area contributed by atoms with Gasteiger partial charge in [0.05, 0.1) is 10.7 Å². The minimum absolute atomic E-state index is 0.0123. The van der Waals surface area contributed by atoms with Crippen LogP contribution < -0.4 is 15.1 Å². The Morgan fingerprint density at radius 3 is 2.46 bits per heavy atom. The lowest BCUT2D eigenvalue weighted by molar-refractivity contribution is -1.00. The molecule has 0 spiro atoms. The molecule has 28 heavy (non-hydrogen) atoms. The highest BCUT2D eigenvalue weighted by molar-refractivity contribution is 6.33. The van der Waals surface area contributed by atoms with Crippen molar-refractivity contribution < 1.29 is 19.4 Å². The molecule has 0 bridgehead atoms. The molecular formula is C21H33ClN4O2+2. The highest BCUT2D eigenvalue weighted by Crippen LogP contribution is 2.20. The van der Waals surface area contributed by atoms with Gasteiger partial charge in [-0.1, -0.05) is 30.7 Å². The summed E-state index contributed by atoms with van der Waals surface area (Å²) in [4.78, 5) is 29.8. The van der Waals surface area contributed by atoms with E-state index in [9.17, 15) is 9.59 Å². The molecule has 0 saturated carbocycles. The van der Waals surface area contributed by atoms with Crippen molar-refractivity contribution in [2.24, 2.45) is 0 Å². The molecule has 2 aliphatic rings. The Balaban J connectivity index is 1.41. The molecule has 154 valence electrons. The predicted octanol–water partition coefficient (Wildman–Crippen LogP) is -0.147. The van der Waals surface area contributed by atoms with Crippen LogP contribution >= 0.6 is 11.6 Å². The number of carbonyl (C=O) groups excluding carboxylic acids is 2. The number of hydrogen-bond donors (Lipinski definition) is 3. The Morgan fingerprint density at radius 1 is 1.11 bits per heavy atom. The average Bonchev–Trinajstić information content (AvgIpc) is 2.71. The fraction of sp³-hybridized carbons (Fsp3) is 0.619. The third-order valence-corrected chi connectivity index (χ3v) is 6.37. The van der Waals surface area contributed by atoms with Crippen LogP contribution in [-0.2, 0) is 9.59 Å². The fourth-order valence-electron chi connectivity index (χ4n) is 4.36. The standard InChI is InChI=1S/C21H31ClN4O2/c1-2-17-7-5-6-10-26(17)21(28)16-25-13-11-24(12-14-25)15-20(27)23-19-9-4-3-8-18(19)22/h3-4,8-9,17H,2,5-7,10-16H2,1H3,(H,23,27)/p+2/t17-/m1/s1. The summed E-state index contributed by atoms with van der Waals surface area (Å²) in [5, 5.41) is 3.45. The first-order valence-electron chi connectivity index (χ1n) is 10.6. The molecule has 0 unspecified atom stereocenters. The third kappa shape index (κ3) is 5.69. The van der Waals surface area contributed by atoms with Crippen molar-refractivity contribution >= 4 is 29.1 Å². The summed E-state index contributed by atoms with van der Waals surface area (Å²) in [5.74, 6) is 0.295. The van der Waals surface area contributed by atoms with Crippen molar-refractivity contribution in [3.05, 3.63) is 29.3 Å². The molecule has 3 rings (SSSR count). The summed E-state index contributed by atoms with van der Waals surface area (Å²) in [6.45, 7) is 7.83. The van der Waals surface area contributed by atoms with Crippen molar-refractivity contribution in [1.29, 1.82) is 0 Å².